The van der Waals surface area contributed by atoms with Crippen LogP contribution in [-0.2, 0) is 0 Å². The van der Waals surface area contributed by atoms with Gasteiger partial charge in [0.15, 0.2) is 0 Å². The van der Waals surface area contributed by atoms with Crippen LogP contribution in [0.2, 0.25) is 10.0 Å². The van der Waals surface area contributed by atoms with Gasteiger partial charge in [-0.05, 0) is 42.0 Å². The van der Waals surface area contributed by atoms with Gasteiger partial charge >= 0.3 is 0 Å². The summed E-state index contributed by atoms with van der Waals surface area (Å²) in [5, 5.41) is 19.0. The minimum atomic E-state index is -0.463. The minimum Gasteiger partial charge on any atom is -0.508 e. The number of benzene rings is 2. The lowest BCUT2D eigenvalue weighted by molar-refractivity contribution is 0.104. The Hall–Kier alpha value is -2.28. The number of aromatic hydroxyl groups is 1. The van der Waals surface area contributed by atoms with E-state index < -0.39 is 5.78 Å². The van der Waals surface area contributed by atoms with Gasteiger partial charge in [-0.2, -0.15) is 5.26 Å². The third kappa shape index (κ3) is 3.85. The highest BCUT2D eigenvalue weighted by Crippen LogP contribution is 2.22. The molecule has 0 aliphatic carbocycles. The maximum absolute atomic E-state index is 12.3. The van der Waals surface area contributed by atoms with E-state index in [0.717, 1.165) is 0 Å². The van der Waals surface area contributed by atoms with Crippen LogP contribution in [0, 0.1) is 11.3 Å². The molecule has 0 aliphatic rings. The van der Waals surface area contributed by atoms with Crippen molar-refractivity contribution < 1.29 is 9.90 Å². The van der Waals surface area contributed by atoms with Crippen LogP contribution in [0.5, 0.6) is 5.75 Å². The van der Waals surface area contributed by atoms with Crippen molar-refractivity contribution in [2.24, 2.45) is 0 Å². The third-order valence-corrected chi connectivity index (χ3v) is 3.13. The summed E-state index contributed by atoms with van der Waals surface area (Å²) >= 11 is 11.7. The number of Topliss-reactive ketones (excluding diaryl/α,β-unsaturated/α-hetero) is 1. The summed E-state index contributed by atoms with van der Waals surface area (Å²) < 4.78 is 0. The monoisotopic (exact) mass is 317 g/mol. The molecule has 0 fully saturated rings. The molecule has 0 unspecified atom stereocenters. The van der Waals surface area contributed by atoms with Crippen molar-refractivity contribution in [1.29, 1.82) is 5.26 Å². The molecule has 0 bridgehead atoms. The summed E-state index contributed by atoms with van der Waals surface area (Å²) in [5.74, 6) is -0.353. The van der Waals surface area contributed by atoms with E-state index in [1.54, 1.807) is 12.1 Å². The number of hydrogen-bond acceptors (Lipinski definition) is 3. The number of carbonyl (C=O) groups excluding carboxylic acids is 1. The average molecular weight is 318 g/mol. The zero-order valence-corrected chi connectivity index (χ0v) is 12.2. The summed E-state index contributed by atoms with van der Waals surface area (Å²) in [4.78, 5) is 12.3. The first-order chi connectivity index (χ1) is 9.99. The van der Waals surface area contributed by atoms with E-state index in [4.69, 9.17) is 28.5 Å². The van der Waals surface area contributed by atoms with E-state index in [1.165, 1.54) is 36.4 Å². The Morgan fingerprint density at radius 1 is 1.10 bits per heavy atom. The van der Waals surface area contributed by atoms with Crippen molar-refractivity contribution in [1.82, 2.24) is 0 Å². The van der Waals surface area contributed by atoms with Gasteiger partial charge in [-0.1, -0.05) is 35.3 Å². The van der Waals surface area contributed by atoms with Crippen LogP contribution in [0.25, 0.3) is 6.08 Å². The van der Waals surface area contributed by atoms with E-state index in [-0.39, 0.29) is 16.9 Å². The Balaban J connectivity index is 2.39. The second kappa shape index (κ2) is 6.45. The molecule has 0 spiro atoms. The molecule has 0 radical (unpaired) electrons. The van der Waals surface area contributed by atoms with Crippen molar-refractivity contribution in [3.63, 3.8) is 0 Å². The maximum Gasteiger partial charge on any atom is 0.203 e. The Morgan fingerprint density at radius 3 is 2.19 bits per heavy atom. The van der Waals surface area contributed by atoms with Crippen molar-refractivity contribution in [3.05, 3.63) is 69.2 Å². The molecule has 1 N–H and O–H groups in total. The zero-order chi connectivity index (χ0) is 15.4. The molecule has 0 saturated heterocycles. The number of allylic oxidation sites excluding steroid dienone is 1. The van der Waals surface area contributed by atoms with Gasteiger partial charge in [0.1, 0.15) is 17.4 Å². The molecule has 2 aromatic carbocycles. The molecule has 2 aromatic rings. The number of ketones is 1. The van der Waals surface area contributed by atoms with Gasteiger partial charge in [0.05, 0.1) is 0 Å². The molecule has 5 heteroatoms. The van der Waals surface area contributed by atoms with Crippen LogP contribution in [0.15, 0.2) is 48.0 Å². The molecule has 3 nitrogen and oxygen atoms in total. The molecule has 0 heterocycles. The van der Waals surface area contributed by atoms with Crippen LogP contribution >= 0.6 is 23.2 Å². The molecule has 0 aromatic heterocycles. The minimum absolute atomic E-state index is 0.0426. The van der Waals surface area contributed by atoms with E-state index in [9.17, 15) is 9.90 Å². The topological polar surface area (TPSA) is 61.1 Å². The molecule has 104 valence electrons. The fraction of sp³-hybridized carbons (Fsp3) is 0. The van der Waals surface area contributed by atoms with E-state index >= 15 is 0 Å². The number of hydrogen-bond donors (Lipinski definition) is 1. The molecule has 0 atom stereocenters. The summed E-state index contributed by atoms with van der Waals surface area (Å²) in [7, 11) is 0. The number of halogens is 2. The molecule has 2 rings (SSSR count). The molecule has 0 saturated carbocycles. The van der Waals surface area contributed by atoms with Crippen LogP contribution in [-0.4, -0.2) is 10.9 Å². The first-order valence-electron chi connectivity index (χ1n) is 5.91. The lowest BCUT2D eigenvalue weighted by atomic mass is 10.0. The summed E-state index contributed by atoms with van der Waals surface area (Å²) in [6, 6.07) is 12.4. The predicted octanol–water partition coefficient (Wildman–Crippen LogP) is 4.49. The maximum atomic E-state index is 12.3. The number of nitrogens with zero attached hydrogens (tertiary/aromatic N) is 1. The van der Waals surface area contributed by atoms with Gasteiger partial charge in [0.25, 0.3) is 0 Å². The molecular weight excluding hydrogens is 309 g/mol. The lowest BCUT2D eigenvalue weighted by Crippen LogP contribution is -2.02. The largest absolute Gasteiger partial charge is 0.508 e. The lowest BCUT2D eigenvalue weighted by Gasteiger charge is -2.02. The van der Waals surface area contributed by atoms with Crippen molar-refractivity contribution in [3.8, 4) is 11.8 Å². The van der Waals surface area contributed by atoms with Crippen LogP contribution in [0.4, 0.5) is 0 Å². The standard InChI is InChI=1S/C16H9Cl2NO2/c17-13-6-11(7-14(18)8-13)16(21)12(9-19)5-10-1-3-15(20)4-2-10/h1-8,20H/b12-5+. The Labute approximate surface area is 131 Å². The summed E-state index contributed by atoms with van der Waals surface area (Å²) in [6.07, 6.45) is 1.44. The van der Waals surface area contributed by atoms with Crippen LogP contribution < -0.4 is 0 Å². The Morgan fingerprint density at radius 2 is 1.67 bits per heavy atom. The highest BCUT2D eigenvalue weighted by molar-refractivity contribution is 6.35. The number of phenolic OH excluding ortho intramolecular Hbond substituents is 1. The van der Waals surface area contributed by atoms with Gasteiger partial charge in [-0.3, -0.25) is 4.79 Å². The number of rotatable bonds is 3. The molecule has 0 amide bonds. The Kier molecular flexibility index (Phi) is 4.64. The highest BCUT2D eigenvalue weighted by atomic mass is 35.5. The van der Waals surface area contributed by atoms with E-state index in [1.807, 2.05) is 6.07 Å². The van der Waals surface area contributed by atoms with Crippen molar-refractivity contribution >= 4 is 35.1 Å². The van der Waals surface area contributed by atoms with Gasteiger partial charge in [-0.15, -0.1) is 0 Å². The zero-order valence-electron chi connectivity index (χ0n) is 10.7. The first-order valence-corrected chi connectivity index (χ1v) is 6.67. The summed E-state index contributed by atoms with van der Waals surface area (Å²) in [6.45, 7) is 0. The Bertz CT molecular complexity index is 739. The first kappa shape index (κ1) is 15.1. The number of carbonyl (C=O) groups is 1. The quantitative estimate of drug-likeness (QED) is 0.515. The molecule has 0 aliphatic heterocycles. The van der Waals surface area contributed by atoms with Crippen LogP contribution in [0.3, 0.4) is 0 Å². The summed E-state index contributed by atoms with van der Waals surface area (Å²) in [5.41, 5.74) is 0.837. The SMILES string of the molecule is N#C/C(=C\c1ccc(O)cc1)C(=O)c1cc(Cl)cc(Cl)c1. The smallest absolute Gasteiger partial charge is 0.203 e. The molecule has 21 heavy (non-hydrogen) atoms. The van der Waals surface area contributed by atoms with Crippen molar-refractivity contribution in [2.75, 3.05) is 0 Å². The molecular formula is C16H9Cl2NO2. The number of nitriles is 1. The third-order valence-electron chi connectivity index (χ3n) is 2.69. The van der Waals surface area contributed by atoms with Crippen LogP contribution in [0.1, 0.15) is 15.9 Å². The van der Waals surface area contributed by atoms with E-state index in [0.29, 0.717) is 15.6 Å². The fourth-order valence-corrected chi connectivity index (χ4v) is 2.25. The average Bonchev–Trinajstić information content (AvgIpc) is 2.45. The predicted molar refractivity (Wildman–Crippen MR) is 82.5 cm³/mol. The van der Waals surface area contributed by atoms with Crippen molar-refractivity contribution in [2.45, 2.75) is 0 Å². The normalized spacial score (nSPS) is 11.0. The van der Waals surface area contributed by atoms with Gasteiger partial charge < -0.3 is 5.11 Å². The highest BCUT2D eigenvalue weighted by Gasteiger charge is 2.13. The van der Waals surface area contributed by atoms with E-state index in [2.05, 4.69) is 0 Å². The fourth-order valence-electron chi connectivity index (χ4n) is 1.73. The second-order valence-electron chi connectivity index (χ2n) is 4.25. The number of phenols is 1. The van der Waals surface area contributed by atoms with Gasteiger partial charge in [0.2, 0.25) is 5.78 Å². The van der Waals surface area contributed by atoms with Gasteiger partial charge in [-0.25, -0.2) is 0 Å². The van der Waals surface area contributed by atoms with Gasteiger partial charge in [0, 0.05) is 15.6 Å². The second-order valence-corrected chi connectivity index (χ2v) is 5.12.